The Morgan fingerprint density at radius 1 is 0.944 bits per heavy atom. The van der Waals surface area contributed by atoms with Crippen molar-refractivity contribution in [2.45, 2.75) is 20.3 Å². The van der Waals surface area contributed by atoms with Gasteiger partial charge in [-0.15, -0.1) is 0 Å². The number of nitrogens with one attached hydrogen (secondary N) is 1. The molecule has 0 fully saturated rings. The molecule has 0 aliphatic carbocycles. The second kappa shape index (κ2) is 12.0. The molecular weight excluding hydrogens is 460 g/mol. The van der Waals surface area contributed by atoms with Gasteiger partial charge in [-0.25, -0.2) is 0 Å². The Morgan fingerprint density at radius 3 is 2.33 bits per heavy atom. The van der Waals surface area contributed by atoms with Crippen molar-refractivity contribution < 1.29 is 28.5 Å². The number of amides is 2. The van der Waals surface area contributed by atoms with Gasteiger partial charge in [0.15, 0.2) is 13.2 Å². The Balaban J connectivity index is 1.31. The smallest absolute Gasteiger partial charge is 0.265 e. The van der Waals surface area contributed by atoms with Gasteiger partial charge in [0, 0.05) is 12.2 Å². The molecule has 0 aromatic heterocycles. The van der Waals surface area contributed by atoms with Crippen molar-refractivity contribution in [3.8, 4) is 23.0 Å². The van der Waals surface area contributed by atoms with Gasteiger partial charge in [0.05, 0.1) is 18.9 Å². The minimum Gasteiger partial charge on any atom is -0.494 e. The molecule has 0 radical (unpaired) electrons. The summed E-state index contributed by atoms with van der Waals surface area (Å²) < 4.78 is 22.3. The van der Waals surface area contributed by atoms with Gasteiger partial charge >= 0.3 is 0 Å². The summed E-state index contributed by atoms with van der Waals surface area (Å²) >= 11 is 0. The normalized spacial score (nSPS) is 12.4. The van der Waals surface area contributed by atoms with E-state index in [-0.39, 0.29) is 25.0 Å². The largest absolute Gasteiger partial charge is 0.494 e. The number of rotatable bonds is 11. The molecule has 0 spiro atoms. The molecule has 0 atom stereocenters. The standard InChI is InChI=1S/C28H30N2O6/c1-3-33-22-10-12-24(13-11-22)35-18-27(31)29-21-7-14-26-25(17-21)30(28(32)19-36-26)15-4-16-34-23-8-5-20(2)6-9-23/h5-14,17H,3-4,15-16,18-19H2,1-2H3,(H,29,31). The molecule has 3 aromatic carbocycles. The lowest BCUT2D eigenvalue weighted by atomic mass is 10.2. The van der Waals surface area contributed by atoms with Crippen LogP contribution in [0.15, 0.2) is 66.7 Å². The van der Waals surface area contributed by atoms with Gasteiger partial charge < -0.3 is 29.2 Å². The van der Waals surface area contributed by atoms with Crippen molar-refractivity contribution in [3.63, 3.8) is 0 Å². The maximum atomic E-state index is 12.6. The maximum absolute atomic E-state index is 12.6. The molecule has 0 saturated heterocycles. The highest BCUT2D eigenvalue weighted by Gasteiger charge is 2.25. The van der Waals surface area contributed by atoms with Gasteiger partial charge in [-0.2, -0.15) is 0 Å². The fourth-order valence-electron chi connectivity index (χ4n) is 3.72. The quantitative estimate of drug-likeness (QED) is 0.395. The summed E-state index contributed by atoms with van der Waals surface area (Å²) in [5, 5.41) is 2.82. The number of fused-ring (bicyclic) bond motifs is 1. The molecule has 2 amide bonds. The van der Waals surface area contributed by atoms with Gasteiger partial charge in [0.25, 0.3) is 11.8 Å². The number of hydrogen-bond acceptors (Lipinski definition) is 6. The van der Waals surface area contributed by atoms with Crippen LogP contribution in [-0.4, -0.2) is 44.8 Å². The predicted molar refractivity (Wildman–Crippen MR) is 137 cm³/mol. The van der Waals surface area contributed by atoms with Crippen LogP contribution in [0.25, 0.3) is 0 Å². The van der Waals surface area contributed by atoms with Crippen LogP contribution in [0.3, 0.4) is 0 Å². The Morgan fingerprint density at radius 2 is 1.61 bits per heavy atom. The van der Waals surface area contributed by atoms with Gasteiger partial charge in [0.2, 0.25) is 0 Å². The zero-order valence-corrected chi connectivity index (χ0v) is 20.5. The minimum atomic E-state index is -0.315. The fraction of sp³-hybridized carbons (Fsp3) is 0.286. The van der Waals surface area contributed by atoms with Gasteiger partial charge in [0.1, 0.15) is 23.0 Å². The number of aryl methyl sites for hydroxylation is 1. The van der Waals surface area contributed by atoms with E-state index in [2.05, 4.69) is 5.32 Å². The first-order chi connectivity index (χ1) is 17.5. The Hall–Kier alpha value is -4.20. The Bertz CT molecular complexity index is 1180. The molecule has 4 rings (SSSR count). The zero-order valence-electron chi connectivity index (χ0n) is 20.5. The zero-order chi connectivity index (χ0) is 25.3. The highest BCUT2D eigenvalue weighted by Crippen LogP contribution is 2.34. The third-order valence-corrected chi connectivity index (χ3v) is 5.51. The van der Waals surface area contributed by atoms with E-state index >= 15 is 0 Å². The summed E-state index contributed by atoms with van der Waals surface area (Å²) in [6.45, 7) is 5.29. The molecule has 1 aliphatic heterocycles. The van der Waals surface area contributed by atoms with E-state index in [9.17, 15) is 9.59 Å². The average Bonchev–Trinajstić information content (AvgIpc) is 2.88. The van der Waals surface area contributed by atoms with Gasteiger partial charge in [-0.05, 0) is 74.9 Å². The molecule has 0 bridgehead atoms. The lowest BCUT2D eigenvalue weighted by molar-refractivity contribution is -0.121. The topological polar surface area (TPSA) is 86.3 Å². The number of benzene rings is 3. The maximum Gasteiger partial charge on any atom is 0.265 e. The molecule has 1 heterocycles. The van der Waals surface area contributed by atoms with Crippen LogP contribution >= 0.6 is 0 Å². The van der Waals surface area contributed by atoms with Crippen LogP contribution in [0.5, 0.6) is 23.0 Å². The number of hydrogen-bond donors (Lipinski definition) is 1. The van der Waals surface area contributed by atoms with Crippen molar-refractivity contribution in [1.29, 1.82) is 0 Å². The van der Waals surface area contributed by atoms with E-state index in [0.717, 1.165) is 11.5 Å². The lowest BCUT2D eigenvalue weighted by Crippen LogP contribution is -2.39. The SMILES string of the molecule is CCOc1ccc(OCC(=O)Nc2ccc3c(c2)N(CCCOc2ccc(C)cc2)C(=O)CO3)cc1. The summed E-state index contributed by atoms with van der Waals surface area (Å²) in [5.74, 6) is 2.25. The predicted octanol–water partition coefficient (Wildman–Crippen LogP) is 4.61. The first kappa shape index (κ1) is 24.9. The second-order valence-corrected chi connectivity index (χ2v) is 8.27. The lowest BCUT2D eigenvalue weighted by Gasteiger charge is -2.30. The Kier molecular flexibility index (Phi) is 8.28. The third-order valence-electron chi connectivity index (χ3n) is 5.51. The summed E-state index contributed by atoms with van der Waals surface area (Å²) in [5.41, 5.74) is 2.34. The van der Waals surface area contributed by atoms with Crippen molar-refractivity contribution in [3.05, 3.63) is 72.3 Å². The Labute approximate surface area is 210 Å². The first-order valence-electron chi connectivity index (χ1n) is 11.9. The highest BCUT2D eigenvalue weighted by atomic mass is 16.5. The fourth-order valence-corrected chi connectivity index (χ4v) is 3.72. The van der Waals surface area contributed by atoms with Crippen LogP contribution < -0.4 is 29.2 Å². The van der Waals surface area contributed by atoms with Crippen LogP contribution in [0.1, 0.15) is 18.9 Å². The monoisotopic (exact) mass is 490 g/mol. The molecule has 0 unspecified atom stereocenters. The molecule has 3 aromatic rings. The number of anilines is 2. The number of carbonyl (C=O) groups is 2. The van der Waals surface area contributed by atoms with E-state index in [1.807, 2.05) is 38.1 Å². The summed E-state index contributed by atoms with van der Waals surface area (Å²) in [7, 11) is 0. The van der Waals surface area contributed by atoms with Crippen molar-refractivity contribution in [1.82, 2.24) is 0 Å². The van der Waals surface area contributed by atoms with E-state index < -0.39 is 0 Å². The summed E-state index contributed by atoms with van der Waals surface area (Å²) in [4.78, 5) is 26.7. The molecular formula is C28H30N2O6. The highest BCUT2D eigenvalue weighted by molar-refractivity contribution is 5.99. The van der Waals surface area contributed by atoms with E-state index in [4.69, 9.17) is 18.9 Å². The molecule has 36 heavy (non-hydrogen) atoms. The number of ether oxygens (including phenoxy) is 4. The second-order valence-electron chi connectivity index (χ2n) is 8.27. The van der Waals surface area contributed by atoms with Gasteiger partial charge in [-0.1, -0.05) is 17.7 Å². The van der Waals surface area contributed by atoms with Crippen LogP contribution in [0, 0.1) is 6.92 Å². The summed E-state index contributed by atoms with van der Waals surface area (Å²) in [6, 6.07) is 20.2. The van der Waals surface area contributed by atoms with Crippen LogP contribution in [0.2, 0.25) is 0 Å². The van der Waals surface area contributed by atoms with Crippen molar-refractivity contribution in [2.75, 3.05) is 43.2 Å². The van der Waals surface area contributed by atoms with Crippen LogP contribution in [-0.2, 0) is 9.59 Å². The molecule has 1 N–H and O–H groups in total. The summed E-state index contributed by atoms with van der Waals surface area (Å²) in [6.07, 6.45) is 0.644. The van der Waals surface area contributed by atoms with Gasteiger partial charge in [-0.3, -0.25) is 9.59 Å². The third kappa shape index (κ3) is 6.69. The minimum absolute atomic E-state index is 0.0204. The van der Waals surface area contributed by atoms with Crippen LogP contribution in [0.4, 0.5) is 11.4 Å². The first-order valence-corrected chi connectivity index (χ1v) is 11.9. The van der Waals surface area contributed by atoms with Crippen molar-refractivity contribution >= 4 is 23.2 Å². The number of carbonyl (C=O) groups excluding carboxylic acids is 2. The van der Waals surface area contributed by atoms with E-state index in [1.54, 1.807) is 47.4 Å². The number of nitrogens with zero attached hydrogens (tertiary/aromatic N) is 1. The molecule has 8 heteroatoms. The van der Waals surface area contributed by atoms with E-state index in [0.29, 0.717) is 49.1 Å². The van der Waals surface area contributed by atoms with Crippen molar-refractivity contribution in [2.24, 2.45) is 0 Å². The van der Waals surface area contributed by atoms with E-state index in [1.165, 1.54) is 5.56 Å². The average molecular weight is 491 g/mol. The molecule has 8 nitrogen and oxygen atoms in total. The molecule has 0 saturated carbocycles. The molecule has 1 aliphatic rings. The molecule has 188 valence electrons.